The molecule has 1 atom stereocenters. The summed E-state index contributed by atoms with van der Waals surface area (Å²) >= 11 is 0. The third-order valence-corrected chi connectivity index (χ3v) is 8.77. The summed E-state index contributed by atoms with van der Waals surface area (Å²) in [6.07, 6.45) is 0. The van der Waals surface area contributed by atoms with Crippen LogP contribution in [0.2, 0.25) is 0 Å². The van der Waals surface area contributed by atoms with Gasteiger partial charge in [-0.25, -0.2) is 4.99 Å². The van der Waals surface area contributed by atoms with Crippen LogP contribution >= 0.6 is 7.92 Å². The molecule has 3 heteroatoms. The number of hydrogen-bond acceptors (Lipinski definition) is 2. The van der Waals surface area contributed by atoms with Crippen molar-refractivity contribution in [2.75, 3.05) is 6.61 Å². The van der Waals surface area contributed by atoms with Crippen molar-refractivity contribution in [2.24, 2.45) is 10.4 Å². The molecule has 0 aliphatic carbocycles. The maximum atomic E-state index is 6.17. The fraction of sp³-hybridized carbons (Fsp3) is 0.194. The Bertz CT molecular complexity index is 1250. The van der Waals surface area contributed by atoms with Crippen LogP contribution in [0.5, 0.6) is 0 Å². The molecule has 4 aromatic carbocycles. The van der Waals surface area contributed by atoms with Crippen molar-refractivity contribution in [1.82, 2.24) is 0 Å². The lowest BCUT2D eigenvalue weighted by Gasteiger charge is -2.23. The van der Waals surface area contributed by atoms with Crippen molar-refractivity contribution >= 4 is 29.7 Å². The monoisotopic (exact) mass is 463 g/mol. The summed E-state index contributed by atoms with van der Waals surface area (Å²) in [5.74, 6) is 0.758. The van der Waals surface area contributed by atoms with Gasteiger partial charge in [0, 0.05) is 5.56 Å². The summed E-state index contributed by atoms with van der Waals surface area (Å²) in [6, 6.07) is 39.2. The Kier molecular flexibility index (Phi) is 6.35. The third kappa shape index (κ3) is 4.56. The van der Waals surface area contributed by atoms with E-state index in [1.807, 2.05) is 0 Å². The third-order valence-electron chi connectivity index (χ3n) is 6.27. The minimum absolute atomic E-state index is 0.0730. The molecule has 5 rings (SSSR count). The topological polar surface area (TPSA) is 21.6 Å². The fourth-order valence-electron chi connectivity index (χ4n) is 4.35. The van der Waals surface area contributed by atoms with Crippen LogP contribution in [-0.4, -0.2) is 18.5 Å². The van der Waals surface area contributed by atoms with Gasteiger partial charge in [0.05, 0.1) is 6.04 Å². The van der Waals surface area contributed by atoms with Crippen molar-refractivity contribution < 1.29 is 4.74 Å². The molecule has 170 valence electrons. The molecule has 0 spiro atoms. The van der Waals surface area contributed by atoms with Gasteiger partial charge >= 0.3 is 0 Å². The minimum atomic E-state index is -0.723. The van der Waals surface area contributed by atoms with Gasteiger partial charge in [0.25, 0.3) is 0 Å². The highest BCUT2D eigenvalue weighted by molar-refractivity contribution is 7.80. The first-order chi connectivity index (χ1) is 16.5. The molecule has 0 unspecified atom stereocenters. The van der Waals surface area contributed by atoms with Crippen molar-refractivity contribution in [3.8, 4) is 11.1 Å². The molecule has 0 saturated carbocycles. The predicted molar refractivity (Wildman–Crippen MR) is 146 cm³/mol. The number of benzene rings is 4. The Labute approximate surface area is 204 Å². The summed E-state index contributed by atoms with van der Waals surface area (Å²) < 4.78 is 6.17. The zero-order valence-corrected chi connectivity index (χ0v) is 20.9. The summed E-state index contributed by atoms with van der Waals surface area (Å²) in [5.41, 5.74) is 3.55. The first-order valence-electron chi connectivity index (χ1n) is 11.8. The Morgan fingerprint density at radius 2 is 1.15 bits per heavy atom. The van der Waals surface area contributed by atoms with Crippen LogP contribution in [0, 0.1) is 5.41 Å². The normalized spacial score (nSPS) is 15.8. The Morgan fingerprint density at radius 1 is 0.647 bits per heavy atom. The van der Waals surface area contributed by atoms with E-state index in [0.29, 0.717) is 6.61 Å². The molecule has 0 amide bonds. The summed E-state index contributed by atoms with van der Waals surface area (Å²) in [6.45, 7) is 7.31. The molecule has 1 heterocycles. The lowest BCUT2D eigenvalue weighted by molar-refractivity contribution is 0.236. The Balaban J connectivity index is 1.67. The highest BCUT2D eigenvalue weighted by Crippen LogP contribution is 2.38. The molecule has 1 aliphatic heterocycles. The zero-order chi connectivity index (χ0) is 23.5. The number of nitrogens with zero attached hydrogens (tertiary/aromatic N) is 1. The van der Waals surface area contributed by atoms with Crippen LogP contribution in [-0.2, 0) is 4.74 Å². The van der Waals surface area contributed by atoms with Crippen LogP contribution < -0.4 is 15.9 Å². The maximum absolute atomic E-state index is 6.17. The number of rotatable bonds is 5. The molecule has 4 aromatic rings. The van der Waals surface area contributed by atoms with E-state index in [1.165, 1.54) is 27.0 Å². The second-order valence-electron chi connectivity index (χ2n) is 9.70. The van der Waals surface area contributed by atoms with E-state index in [1.54, 1.807) is 0 Å². The van der Waals surface area contributed by atoms with Gasteiger partial charge in [0.2, 0.25) is 5.90 Å². The lowest BCUT2D eigenvalue weighted by atomic mass is 9.88. The molecular weight excluding hydrogens is 433 g/mol. The quantitative estimate of drug-likeness (QED) is 0.318. The molecule has 0 aromatic heterocycles. The average molecular weight is 464 g/mol. The fourth-order valence-corrected chi connectivity index (χ4v) is 6.81. The summed E-state index contributed by atoms with van der Waals surface area (Å²) in [7, 11) is -0.723. The number of aliphatic imine (C=N–C) groups is 1. The van der Waals surface area contributed by atoms with Gasteiger partial charge in [-0.05, 0) is 46.4 Å². The predicted octanol–water partition coefficient (Wildman–Crippen LogP) is 6.30. The van der Waals surface area contributed by atoms with Crippen LogP contribution in [0.15, 0.2) is 114 Å². The molecular formula is C31H30NOP. The maximum Gasteiger partial charge on any atom is 0.217 e. The second kappa shape index (κ2) is 9.57. The van der Waals surface area contributed by atoms with E-state index in [-0.39, 0.29) is 11.5 Å². The van der Waals surface area contributed by atoms with Gasteiger partial charge in [-0.2, -0.15) is 0 Å². The van der Waals surface area contributed by atoms with E-state index in [2.05, 4.69) is 130 Å². The lowest BCUT2D eigenvalue weighted by Crippen LogP contribution is -2.25. The van der Waals surface area contributed by atoms with E-state index in [4.69, 9.17) is 9.73 Å². The number of hydrogen-bond donors (Lipinski definition) is 0. The van der Waals surface area contributed by atoms with Crippen molar-refractivity contribution in [3.63, 3.8) is 0 Å². The zero-order valence-electron chi connectivity index (χ0n) is 20.0. The van der Waals surface area contributed by atoms with Crippen LogP contribution in [0.1, 0.15) is 26.3 Å². The SMILES string of the molecule is CC(C)(C)[C@H]1COC(c2ccccc2-c2ccccc2P(c2ccccc2)c2ccccc2)=N1. The smallest absolute Gasteiger partial charge is 0.217 e. The summed E-state index contributed by atoms with van der Waals surface area (Å²) in [5, 5.41) is 4.03. The standard InChI is InChI=1S/C31H30NOP/c1-31(2,3)29-22-33-30(32-29)27-20-11-10-18-25(27)26-19-12-13-21-28(26)34(23-14-6-4-7-15-23)24-16-8-5-9-17-24/h4-21,29H,22H2,1-3H3/t29-/m1/s1. The second-order valence-corrected chi connectivity index (χ2v) is 11.9. The Morgan fingerprint density at radius 3 is 1.71 bits per heavy atom. The van der Waals surface area contributed by atoms with Crippen molar-refractivity contribution in [2.45, 2.75) is 26.8 Å². The van der Waals surface area contributed by atoms with Crippen LogP contribution in [0.25, 0.3) is 11.1 Å². The van der Waals surface area contributed by atoms with Gasteiger partial charge < -0.3 is 4.74 Å². The number of ether oxygens (including phenoxy) is 1. The van der Waals surface area contributed by atoms with Gasteiger partial charge in [-0.15, -0.1) is 0 Å². The van der Waals surface area contributed by atoms with Gasteiger partial charge in [0.1, 0.15) is 6.61 Å². The van der Waals surface area contributed by atoms with E-state index >= 15 is 0 Å². The first kappa shape index (κ1) is 22.6. The van der Waals surface area contributed by atoms with Crippen LogP contribution in [0.4, 0.5) is 0 Å². The summed E-state index contributed by atoms with van der Waals surface area (Å²) in [4.78, 5) is 5.01. The van der Waals surface area contributed by atoms with Gasteiger partial charge in [0.15, 0.2) is 0 Å². The van der Waals surface area contributed by atoms with Crippen molar-refractivity contribution in [1.29, 1.82) is 0 Å². The molecule has 0 N–H and O–H groups in total. The molecule has 0 saturated heterocycles. The van der Waals surface area contributed by atoms with Gasteiger partial charge in [-0.3, -0.25) is 0 Å². The van der Waals surface area contributed by atoms with E-state index in [9.17, 15) is 0 Å². The Hall–Kier alpha value is -3.22. The molecule has 0 radical (unpaired) electrons. The molecule has 1 aliphatic rings. The molecule has 0 fully saturated rings. The molecule has 2 nitrogen and oxygen atoms in total. The van der Waals surface area contributed by atoms with Gasteiger partial charge in [-0.1, -0.05) is 124 Å². The van der Waals surface area contributed by atoms with E-state index in [0.717, 1.165) is 11.5 Å². The highest BCUT2D eigenvalue weighted by Gasteiger charge is 2.32. The van der Waals surface area contributed by atoms with E-state index < -0.39 is 7.92 Å². The van der Waals surface area contributed by atoms with Crippen LogP contribution in [0.3, 0.4) is 0 Å². The molecule has 34 heavy (non-hydrogen) atoms. The largest absolute Gasteiger partial charge is 0.475 e. The average Bonchev–Trinajstić information content (AvgIpc) is 3.37. The van der Waals surface area contributed by atoms with Crippen molar-refractivity contribution in [3.05, 3.63) is 115 Å². The first-order valence-corrected chi connectivity index (χ1v) is 13.2. The highest BCUT2D eigenvalue weighted by atomic mass is 31.1. The molecule has 0 bridgehead atoms. The minimum Gasteiger partial charge on any atom is -0.475 e.